The predicted octanol–water partition coefficient (Wildman–Crippen LogP) is 2.58. The van der Waals surface area contributed by atoms with Crippen LogP contribution >= 0.6 is 0 Å². The molecule has 1 aliphatic heterocycles. The van der Waals surface area contributed by atoms with Crippen molar-refractivity contribution in [3.63, 3.8) is 0 Å². The van der Waals surface area contributed by atoms with Crippen LogP contribution in [0.25, 0.3) is 0 Å². The van der Waals surface area contributed by atoms with Gasteiger partial charge in [-0.1, -0.05) is 20.3 Å². The third-order valence-corrected chi connectivity index (χ3v) is 3.59. The van der Waals surface area contributed by atoms with Gasteiger partial charge in [-0.15, -0.1) is 0 Å². The summed E-state index contributed by atoms with van der Waals surface area (Å²) in [6, 6.07) is 0. The van der Waals surface area contributed by atoms with Gasteiger partial charge in [-0.2, -0.15) is 0 Å². The van der Waals surface area contributed by atoms with Gasteiger partial charge in [0.1, 0.15) is 0 Å². The van der Waals surface area contributed by atoms with Crippen LogP contribution in [0.4, 0.5) is 0 Å². The Morgan fingerprint density at radius 1 is 1.19 bits per heavy atom. The molecule has 0 aromatic rings. The van der Waals surface area contributed by atoms with Gasteiger partial charge in [-0.05, 0) is 26.2 Å². The Balaban J connectivity index is 2.85. The fraction of sp³-hybridized carbons (Fsp3) is 0.923. The van der Waals surface area contributed by atoms with Crippen LogP contribution in [-0.4, -0.2) is 48.5 Å². The summed E-state index contributed by atoms with van der Waals surface area (Å²) in [5.74, 6) is 1.17. The molecule has 0 N–H and O–H groups in total. The first-order valence-electron chi connectivity index (χ1n) is 6.54. The molecule has 94 valence electrons. The molecule has 3 nitrogen and oxygen atoms in total. The third kappa shape index (κ3) is 3.13. The number of rotatable bonds is 4. The Labute approximate surface area is 101 Å². The molecule has 0 aliphatic carbocycles. The van der Waals surface area contributed by atoms with Crippen molar-refractivity contribution in [2.75, 3.05) is 27.2 Å². The van der Waals surface area contributed by atoms with Crippen molar-refractivity contribution >= 4 is 5.96 Å². The average Bonchev–Trinajstić information content (AvgIpc) is 2.24. The van der Waals surface area contributed by atoms with Gasteiger partial charge in [-0.25, -0.2) is 4.99 Å². The van der Waals surface area contributed by atoms with E-state index in [4.69, 9.17) is 4.99 Å². The van der Waals surface area contributed by atoms with Gasteiger partial charge in [0.2, 0.25) is 0 Å². The molecule has 0 aromatic carbocycles. The molecule has 3 heteroatoms. The molecule has 0 saturated carbocycles. The first-order chi connectivity index (χ1) is 7.52. The largest absolute Gasteiger partial charge is 0.346 e. The Kier molecular flexibility index (Phi) is 4.63. The molecule has 1 fully saturated rings. The van der Waals surface area contributed by atoms with Crippen molar-refractivity contribution in [2.45, 2.75) is 52.0 Å². The molecule has 1 saturated heterocycles. The van der Waals surface area contributed by atoms with Crippen molar-refractivity contribution < 1.29 is 0 Å². The predicted molar refractivity (Wildman–Crippen MR) is 70.9 cm³/mol. The summed E-state index contributed by atoms with van der Waals surface area (Å²) in [7, 11) is 4.30. The van der Waals surface area contributed by atoms with Gasteiger partial charge in [0.25, 0.3) is 0 Å². The molecule has 1 unspecified atom stereocenters. The number of aliphatic imine (C=N–C) groups is 1. The summed E-state index contributed by atoms with van der Waals surface area (Å²) in [5, 5.41) is 0. The SMILES string of the molecule is CCCC(C)(CC)N=C1N(C)CCCN1C. The second-order valence-corrected chi connectivity index (χ2v) is 5.21. The van der Waals surface area contributed by atoms with E-state index < -0.39 is 0 Å². The van der Waals surface area contributed by atoms with Crippen molar-refractivity contribution in [3.8, 4) is 0 Å². The minimum Gasteiger partial charge on any atom is -0.346 e. The second-order valence-electron chi connectivity index (χ2n) is 5.21. The summed E-state index contributed by atoms with van der Waals surface area (Å²) < 4.78 is 0. The van der Waals surface area contributed by atoms with Crippen LogP contribution in [0.3, 0.4) is 0 Å². The number of guanidine groups is 1. The number of hydrogen-bond acceptors (Lipinski definition) is 1. The Morgan fingerprint density at radius 2 is 1.75 bits per heavy atom. The number of nitrogens with zero attached hydrogens (tertiary/aromatic N) is 3. The van der Waals surface area contributed by atoms with E-state index in [0.29, 0.717) is 0 Å². The van der Waals surface area contributed by atoms with E-state index in [1.54, 1.807) is 0 Å². The van der Waals surface area contributed by atoms with E-state index in [1.807, 2.05) is 0 Å². The van der Waals surface area contributed by atoms with Crippen molar-refractivity contribution in [2.24, 2.45) is 4.99 Å². The lowest BCUT2D eigenvalue weighted by Crippen LogP contribution is -2.48. The van der Waals surface area contributed by atoms with Gasteiger partial charge in [0.15, 0.2) is 5.96 Å². The lowest BCUT2D eigenvalue weighted by atomic mass is 9.94. The van der Waals surface area contributed by atoms with Crippen LogP contribution in [0.2, 0.25) is 0 Å². The van der Waals surface area contributed by atoms with Crippen molar-refractivity contribution in [1.29, 1.82) is 0 Å². The maximum atomic E-state index is 5.01. The van der Waals surface area contributed by atoms with E-state index >= 15 is 0 Å². The molecular weight excluding hydrogens is 198 g/mol. The lowest BCUT2D eigenvalue weighted by molar-refractivity contribution is 0.301. The van der Waals surface area contributed by atoms with E-state index in [-0.39, 0.29) is 5.54 Å². The second kappa shape index (κ2) is 5.55. The molecule has 0 aromatic heterocycles. The molecule has 0 amide bonds. The van der Waals surface area contributed by atoms with Crippen molar-refractivity contribution in [1.82, 2.24) is 9.80 Å². The molecule has 1 atom stereocenters. The molecule has 1 heterocycles. The normalized spacial score (nSPS) is 20.9. The Hall–Kier alpha value is -0.730. The lowest BCUT2D eigenvalue weighted by Gasteiger charge is -2.37. The van der Waals surface area contributed by atoms with Gasteiger partial charge in [0.05, 0.1) is 5.54 Å². The average molecular weight is 225 g/mol. The van der Waals surface area contributed by atoms with Crippen molar-refractivity contribution in [3.05, 3.63) is 0 Å². The Bertz CT molecular complexity index is 238. The first-order valence-corrected chi connectivity index (χ1v) is 6.54. The van der Waals surface area contributed by atoms with E-state index in [1.165, 1.54) is 25.2 Å². The van der Waals surface area contributed by atoms with Gasteiger partial charge in [-0.3, -0.25) is 0 Å². The molecule has 1 aliphatic rings. The third-order valence-electron chi connectivity index (χ3n) is 3.59. The van der Waals surface area contributed by atoms with E-state index in [2.05, 4.69) is 44.7 Å². The Morgan fingerprint density at radius 3 is 2.19 bits per heavy atom. The van der Waals surface area contributed by atoms with E-state index in [0.717, 1.165) is 19.5 Å². The van der Waals surface area contributed by atoms with Crippen LogP contribution in [0, 0.1) is 0 Å². The first kappa shape index (κ1) is 13.3. The van der Waals surface area contributed by atoms with Gasteiger partial charge < -0.3 is 9.80 Å². The van der Waals surface area contributed by atoms with Crippen LogP contribution in [0.15, 0.2) is 4.99 Å². The molecule has 1 rings (SSSR count). The van der Waals surface area contributed by atoms with Crippen LogP contribution in [0.5, 0.6) is 0 Å². The highest BCUT2D eigenvalue weighted by molar-refractivity contribution is 5.80. The monoisotopic (exact) mass is 225 g/mol. The summed E-state index contributed by atoms with van der Waals surface area (Å²) in [5.41, 5.74) is 0.115. The fourth-order valence-electron chi connectivity index (χ4n) is 2.30. The number of hydrogen-bond donors (Lipinski definition) is 0. The minimum atomic E-state index is 0.115. The zero-order valence-corrected chi connectivity index (χ0v) is 11.6. The molecular formula is C13H27N3. The topological polar surface area (TPSA) is 18.8 Å². The van der Waals surface area contributed by atoms with Gasteiger partial charge in [0, 0.05) is 27.2 Å². The maximum Gasteiger partial charge on any atom is 0.196 e. The summed E-state index contributed by atoms with van der Waals surface area (Å²) in [6.07, 6.45) is 4.73. The maximum absolute atomic E-state index is 5.01. The highest BCUT2D eigenvalue weighted by Crippen LogP contribution is 2.23. The molecule has 0 spiro atoms. The quantitative estimate of drug-likeness (QED) is 0.732. The zero-order chi connectivity index (χ0) is 12.2. The van der Waals surface area contributed by atoms with Crippen LogP contribution in [-0.2, 0) is 0 Å². The molecule has 16 heavy (non-hydrogen) atoms. The highest BCUT2D eigenvalue weighted by atomic mass is 15.4. The highest BCUT2D eigenvalue weighted by Gasteiger charge is 2.25. The zero-order valence-electron chi connectivity index (χ0n) is 11.6. The molecule has 0 radical (unpaired) electrons. The minimum absolute atomic E-state index is 0.115. The van der Waals surface area contributed by atoms with Gasteiger partial charge >= 0.3 is 0 Å². The fourth-order valence-corrected chi connectivity index (χ4v) is 2.30. The van der Waals surface area contributed by atoms with Crippen LogP contribution < -0.4 is 0 Å². The summed E-state index contributed by atoms with van der Waals surface area (Å²) in [4.78, 5) is 9.58. The van der Waals surface area contributed by atoms with E-state index in [9.17, 15) is 0 Å². The summed E-state index contributed by atoms with van der Waals surface area (Å²) >= 11 is 0. The smallest absolute Gasteiger partial charge is 0.196 e. The van der Waals surface area contributed by atoms with Crippen LogP contribution in [0.1, 0.15) is 46.5 Å². The molecule has 0 bridgehead atoms. The summed E-state index contributed by atoms with van der Waals surface area (Å²) in [6.45, 7) is 9.02. The standard InChI is InChI=1S/C13H27N3/c1-6-9-13(3,7-2)14-12-15(4)10-8-11-16(12)5/h6-11H2,1-5H3.